The first kappa shape index (κ1) is 17.5. The number of phenols is 1. The van der Waals surface area contributed by atoms with Gasteiger partial charge in [-0.25, -0.2) is 4.99 Å². The Labute approximate surface area is 165 Å². The predicted octanol–water partition coefficient (Wildman–Crippen LogP) is 4.99. The van der Waals surface area contributed by atoms with Gasteiger partial charge in [-0.15, -0.1) is 0 Å². The lowest BCUT2D eigenvalue weighted by Gasteiger charge is -2.07. The number of aliphatic imine (C=N–C) groups is 1. The number of likely N-dealkylation sites (N-methyl/N-ethyl adjacent to an activating group) is 1. The van der Waals surface area contributed by atoms with E-state index in [0.29, 0.717) is 10.1 Å². The number of rotatable bonds is 2. The Hall–Kier alpha value is -1.32. The number of carbonyl (C=O) groups is 1. The maximum atomic E-state index is 12.4. The van der Waals surface area contributed by atoms with Gasteiger partial charge in [-0.05, 0) is 82.4 Å². The Morgan fingerprint density at radius 1 is 1.25 bits per heavy atom. The van der Waals surface area contributed by atoms with Gasteiger partial charge in [0, 0.05) is 11.5 Å². The van der Waals surface area contributed by atoms with Gasteiger partial charge in [0.1, 0.15) is 5.75 Å². The molecule has 0 unspecified atom stereocenters. The minimum Gasteiger partial charge on any atom is -0.507 e. The zero-order chi connectivity index (χ0) is 17.3. The van der Waals surface area contributed by atoms with E-state index in [1.807, 2.05) is 36.4 Å². The van der Waals surface area contributed by atoms with E-state index >= 15 is 0 Å². The number of nitrogens with zero attached hydrogens (tertiary/aromatic N) is 2. The van der Waals surface area contributed by atoms with Gasteiger partial charge in [-0.1, -0.05) is 22.0 Å². The average molecular weight is 515 g/mol. The van der Waals surface area contributed by atoms with Crippen molar-refractivity contribution in [1.29, 1.82) is 0 Å². The SMILES string of the molecule is CN1C(=O)/C(=C/c2ccc(O)c(I)c2)SC1=Nc1ccc(Br)cc1. The second-order valence-electron chi connectivity index (χ2n) is 5.06. The van der Waals surface area contributed by atoms with Gasteiger partial charge in [-0.2, -0.15) is 0 Å². The maximum Gasteiger partial charge on any atom is 0.266 e. The molecule has 1 amide bonds. The molecule has 0 atom stereocenters. The fourth-order valence-corrected chi connectivity index (χ4v) is 3.83. The summed E-state index contributed by atoms with van der Waals surface area (Å²) in [6.45, 7) is 0. The summed E-state index contributed by atoms with van der Waals surface area (Å²) >= 11 is 6.79. The smallest absolute Gasteiger partial charge is 0.266 e. The van der Waals surface area contributed by atoms with E-state index in [9.17, 15) is 9.90 Å². The normalized spacial score (nSPS) is 18.0. The highest BCUT2D eigenvalue weighted by molar-refractivity contribution is 14.1. The largest absolute Gasteiger partial charge is 0.507 e. The molecule has 1 saturated heterocycles. The van der Waals surface area contributed by atoms with E-state index in [0.717, 1.165) is 19.3 Å². The Balaban J connectivity index is 1.89. The van der Waals surface area contributed by atoms with Crippen molar-refractivity contribution in [2.24, 2.45) is 4.99 Å². The Morgan fingerprint density at radius 3 is 2.62 bits per heavy atom. The molecule has 0 spiro atoms. The van der Waals surface area contributed by atoms with E-state index in [4.69, 9.17) is 0 Å². The second-order valence-corrected chi connectivity index (χ2v) is 8.14. The summed E-state index contributed by atoms with van der Waals surface area (Å²) in [4.78, 5) is 19.1. The lowest BCUT2D eigenvalue weighted by molar-refractivity contribution is -0.121. The van der Waals surface area contributed by atoms with Gasteiger partial charge < -0.3 is 5.11 Å². The quantitative estimate of drug-likeness (QED) is 0.453. The van der Waals surface area contributed by atoms with Gasteiger partial charge in [0.15, 0.2) is 5.17 Å². The molecule has 1 heterocycles. The molecule has 1 N–H and O–H groups in total. The first-order valence-electron chi connectivity index (χ1n) is 6.94. The molecule has 0 saturated carbocycles. The number of amidine groups is 1. The van der Waals surface area contributed by atoms with Crippen molar-refractivity contribution in [1.82, 2.24) is 4.90 Å². The molecule has 1 aliphatic heterocycles. The molecule has 2 aromatic rings. The van der Waals surface area contributed by atoms with Crippen LogP contribution in [-0.2, 0) is 4.79 Å². The number of hydrogen-bond acceptors (Lipinski definition) is 4. The minimum atomic E-state index is -0.0843. The van der Waals surface area contributed by atoms with Crippen LogP contribution in [0.1, 0.15) is 5.56 Å². The summed E-state index contributed by atoms with van der Waals surface area (Å²) in [7, 11) is 1.72. The lowest BCUT2D eigenvalue weighted by Crippen LogP contribution is -2.23. The predicted molar refractivity (Wildman–Crippen MR) is 110 cm³/mol. The summed E-state index contributed by atoms with van der Waals surface area (Å²) in [6, 6.07) is 12.8. The number of aromatic hydroxyl groups is 1. The van der Waals surface area contributed by atoms with Crippen LogP contribution in [0, 0.1) is 3.57 Å². The first-order chi connectivity index (χ1) is 11.4. The van der Waals surface area contributed by atoms with Crippen molar-refractivity contribution in [3.05, 3.63) is 61.0 Å². The molecule has 1 fully saturated rings. The maximum absolute atomic E-state index is 12.4. The van der Waals surface area contributed by atoms with Crippen LogP contribution in [0.25, 0.3) is 6.08 Å². The molecule has 0 aromatic heterocycles. The van der Waals surface area contributed by atoms with Crippen LogP contribution in [-0.4, -0.2) is 28.1 Å². The average Bonchev–Trinajstić information content (AvgIpc) is 2.81. The fourth-order valence-electron chi connectivity index (χ4n) is 2.04. The second kappa shape index (κ2) is 7.28. The van der Waals surface area contributed by atoms with Crippen molar-refractivity contribution < 1.29 is 9.90 Å². The van der Waals surface area contributed by atoms with Crippen molar-refractivity contribution in [2.75, 3.05) is 7.05 Å². The molecule has 7 heteroatoms. The Bertz CT molecular complexity index is 865. The van der Waals surface area contributed by atoms with Gasteiger partial charge >= 0.3 is 0 Å². The zero-order valence-corrected chi connectivity index (χ0v) is 17.1. The highest BCUT2D eigenvalue weighted by atomic mass is 127. The molecular weight excluding hydrogens is 503 g/mol. The summed E-state index contributed by atoms with van der Waals surface area (Å²) in [6.07, 6.45) is 1.81. The van der Waals surface area contributed by atoms with Gasteiger partial charge in [0.05, 0.1) is 14.2 Å². The summed E-state index contributed by atoms with van der Waals surface area (Å²) in [5.74, 6) is 0.150. The molecule has 1 aliphatic rings. The highest BCUT2D eigenvalue weighted by Gasteiger charge is 2.30. The van der Waals surface area contributed by atoms with Crippen LogP contribution in [0.5, 0.6) is 5.75 Å². The van der Waals surface area contributed by atoms with Gasteiger partial charge in [0.2, 0.25) is 0 Å². The highest BCUT2D eigenvalue weighted by Crippen LogP contribution is 2.34. The van der Waals surface area contributed by atoms with Crippen molar-refractivity contribution in [3.8, 4) is 5.75 Å². The van der Waals surface area contributed by atoms with Gasteiger partial charge in [-0.3, -0.25) is 9.69 Å². The van der Waals surface area contributed by atoms with Crippen LogP contribution in [0.3, 0.4) is 0 Å². The van der Waals surface area contributed by atoms with Crippen molar-refractivity contribution in [3.63, 3.8) is 0 Å². The third kappa shape index (κ3) is 3.84. The number of hydrogen-bond donors (Lipinski definition) is 1. The summed E-state index contributed by atoms with van der Waals surface area (Å²) in [5, 5.41) is 10.2. The number of benzene rings is 2. The minimum absolute atomic E-state index is 0.0843. The molecular formula is C17H12BrIN2O2S. The number of carbonyl (C=O) groups excluding carboxylic acids is 1. The Kier molecular flexibility index (Phi) is 5.31. The lowest BCUT2D eigenvalue weighted by atomic mass is 10.2. The number of amides is 1. The summed E-state index contributed by atoms with van der Waals surface area (Å²) < 4.78 is 1.73. The van der Waals surface area contributed by atoms with Crippen LogP contribution < -0.4 is 0 Å². The van der Waals surface area contributed by atoms with E-state index in [1.165, 1.54) is 11.8 Å². The number of halogens is 2. The molecule has 122 valence electrons. The molecule has 0 radical (unpaired) electrons. The Morgan fingerprint density at radius 2 is 1.96 bits per heavy atom. The molecule has 0 bridgehead atoms. The number of thioether (sulfide) groups is 1. The molecule has 0 aliphatic carbocycles. The summed E-state index contributed by atoms with van der Waals surface area (Å²) in [5.41, 5.74) is 1.66. The monoisotopic (exact) mass is 514 g/mol. The standard InChI is InChI=1S/C17H12BrIN2O2S/c1-21-16(23)15(9-10-2-7-14(22)13(19)8-10)24-17(21)20-12-5-3-11(18)4-6-12/h2-9,22H,1H3/b15-9-,20-17?. The van der Waals surface area contributed by atoms with Crippen LogP contribution in [0.15, 0.2) is 56.8 Å². The van der Waals surface area contributed by atoms with E-state index in [1.54, 1.807) is 24.1 Å². The fraction of sp³-hybridized carbons (Fsp3) is 0.0588. The molecule has 3 rings (SSSR count). The molecule has 2 aromatic carbocycles. The van der Waals surface area contributed by atoms with E-state index < -0.39 is 0 Å². The van der Waals surface area contributed by atoms with E-state index in [-0.39, 0.29) is 11.7 Å². The van der Waals surface area contributed by atoms with Crippen molar-refractivity contribution in [2.45, 2.75) is 0 Å². The zero-order valence-electron chi connectivity index (χ0n) is 12.5. The van der Waals surface area contributed by atoms with Crippen molar-refractivity contribution >= 4 is 73.1 Å². The van der Waals surface area contributed by atoms with Gasteiger partial charge in [0.25, 0.3) is 5.91 Å². The molecule has 24 heavy (non-hydrogen) atoms. The van der Waals surface area contributed by atoms with Crippen LogP contribution in [0.4, 0.5) is 5.69 Å². The first-order valence-corrected chi connectivity index (χ1v) is 9.63. The third-order valence-electron chi connectivity index (χ3n) is 3.32. The van der Waals surface area contributed by atoms with E-state index in [2.05, 4.69) is 43.5 Å². The third-order valence-corrected chi connectivity index (χ3v) is 5.78. The van der Waals surface area contributed by atoms with Crippen LogP contribution in [0.2, 0.25) is 0 Å². The molecule has 4 nitrogen and oxygen atoms in total. The van der Waals surface area contributed by atoms with Crippen LogP contribution >= 0.6 is 50.3 Å². The number of phenolic OH excluding ortho intramolecular Hbond substituents is 1. The topological polar surface area (TPSA) is 52.9 Å².